The molecular formula is C19H15FN4O4. The lowest BCUT2D eigenvalue weighted by molar-refractivity contribution is -0.136. The number of pyridine rings is 1. The van der Waals surface area contributed by atoms with Gasteiger partial charge in [0.25, 0.3) is 11.8 Å². The Morgan fingerprint density at radius 1 is 1.11 bits per heavy atom. The van der Waals surface area contributed by atoms with Crippen LogP contribution in [0.15, 0.2) is 36.7 Å². The van der Waals surface area contributed by atoms with Gasteiger partial charge >= 0.3 is 0 Å². The summed E-state index contributed by atoms with van der Waals surface area (Å²) in [5.41, 5.74) is 0.860. The number of rotatable bonds is 4. The normalized spacial score (nSPS) is 18.9. The van der Waals surface area contributed by atoms with Crippen molar-refractivity contribution in [1.29, 1.82) is 0 Å². The summed E-state index contributed by atoms with van der Waals surface area (Å²) in [5, 5.41) is 5.01. The number of halogens is 1. The summed E-state index contributed by atoms with van der Waals surface area (Å²) < 4.78 is 14.5. The van der Waals surface area contributed by atoms with Crippen molar-refractivity contribution < 1.29 is 23.6 Å². The van der Waals surface area contributed by atoms with Gasteiger partial charge in [0.05, 0.1) is 16.8 Å². The van der Waals surface area contributed by atoms with E-state index in [4.69, 9.17) is 0 Å². The molecule has 4 amide bonds. The maximum Gasteiger partial charge on any atom is 0.262 e. The number of hydrogen-bond acceptors (Lipinski definition) is 6. The summed E-state index contributed by atoms with van der Waals surface area (Å²) >= 11 is 0. The second-order valence-corrected chi connectivity index (χ2v) is 6.53. The highest BCUT2D eigenvalue weighted by Crippen LogP contribution is 2.31. The number of carbonyl (C=O) groups excluding carboxylic acids is 4. The van der Waals surface area contributed by atoms with E-state index >= 15 is 0 Å². The monoisotopic (exact) mass is 382 g/mol. The first-order chi connectivity index (χ1) is 13.5. The SMILES string of the molecule is O=C1CCC(N2C(=O)c3cc(F)c(NCc4ccncc4)cc3C2=O)C(=O)N1. The van der Waals surface area contributed by atoms with Crippen LogP contribution < -0.4 is 10.6 Å². The van der Waals surface area contributed by atoms with Gasteiger partial charge in [0.15, 0.2) is 0 Å². The van der Waals surface area contributed by atoms with Crippen LogP contribution in [0, 0.1) is 5.82 Å². The first kappa shape index (κ1) is 17.8. The zero-order chi connectivity index (χ0) is 19.8. The predicted molar refractivity (Wildman–Crippen MR) is 94.6 cm³/mol. The number of nitrogens with one attached hydrogen (secondary N) is 2. The smallest absolute Gasteiger partial charge is 0.262 e. The molecule has 0 bridgehead atoms. The third kappa shape index (κ3) is 3.00. The van der Waals surface area contributed by atoms with E-state index in [1.165, 1.54) is 6.07 Å². The number of hydrogen-bond donors (Lipinski definition) is 2. The van der Waals surface area contributed by atoms with Gasteiger partial charge in [-0.15, -0.1) is 0 Å². The molecule has 2 aliphatic rings. The molecule has 9 heteroatoms. The van der Waals surface area contributed by atoms with Gasteiger partial charge in [-0.05, 0) is 36.2 Å². The van der Waals surface area contributed by atoms with Crippen molar-refractivity contribution in [3.05, 3.63) is 59.2 Å². The van der Waals surface area contributed by atoms with Crippen LogP contribution in [0.25, 0.3) is 0 Å². The number of carbonyl (C=O) groups is 4. The molecule has 1 unspecified atom stereocenters. The van der Waals surface area contributed by atoms with Crippen molar-refractivity contribution >= 4 is 29.3 Å². The summed E-state index contributed by atoms with van der Waals surface area (Å²) in [5.74, 6) is -3.26. The molecule has 1 saturated heterocycles. The summed E-state index contributed by atoms with van der Waals surface area (Å²) in [7, 11) is 0. The Balaban J connectivity index is 1.60. The predicted octanol–water partition coefficient (Wildman–Crippen LogP) is 1.23. The van der Waals surface area contributed by atoms with E-state index in [9.17, 15) is 23.6 Å². The van der Waals surface area contributed by atoms with Gasteiger partial charge in [-0.25, -0.2) is 4.39 Å². The van der Waals surface area contributed by atoms with E-state index in [2.05, 4.69) is 15.6 Å². The van der Waals surface area contributed by atoms with Crippen molar-refractivity contribution in [2.45, 2.75) is 25.4 Å². The van der Waals surface area contributed by atoms with Crippen LogP contribution in [-0.2, 0) is 16.1 Å². The number of nitrogens with zero attached hydrogens (tertiary/aromatic N) is 2. The fourth-order valence-corrected chi connectivity index (χ4v) is 3.32. The second kappa shape index (κ2) is 6.84. The van der Waals surface area contributed by atoms with Crippen LogP contribution >= 0.6 is 0 Å². The first-order valence-electron chi connectivity index (χ1n) is 8.63. The van der Waals surface area contributed by atoms with Gasteiger partial charge in [0.2, 0.25) is 11.8 Å². The van der Waals surface area contributed by atoms with Gasteiger partial charge in [0.1, 0.15) is 11.9 Å². The van der Waals surface area contributed by atoms with Crippen molar-refractivity contribution in [1.82, 2.24) is 15.2 Å². The Labute approximate surface area is 158 Å². The zero-order valence-electron chi connectivity index (χ0n) is 14.6. The Hall–Kier alpha value is -3.62. The summed E-state index contributed by atoms with van der Waals surface area (Å²) in [4.78, 5) is 53.5. The molecule has 0 aliphatic carbocycles. The molecule has 2 aromatic rings. The van der Waals surface area contributed by atoms with Crippen molar-refractivity contribution in [2.24, 2.45) is 0 Å². The molecule has 4 rings (SSSR count). The van der Waals surface area contributed by atoms with Crippen molar-refractivity contribution in [3.8, 4) is 0 Å². The molecule has 1 atom stereocenters. The molecule has 1 fully saturated rings. The Kier molecular flexibility index (Phi) is 4.34. The Morgan fingerprint density at radius 2 is 1.79 bits per heavy atom. The van der Waals surface area contributed by atoms with Crippen LogP contribution in [0.5, 0.6) is 0 Å². The minimum absolute atomic E-state index is 0.0216. The maximum absolute atomic E-state index is 14.5. The summed E-state index contributed by atoms with van der Waals surface area (Å²) in [6.07, 6.45) is 3.29. The van der Waals surface area contributed by atoms with Gasteiger partial charge in [-0.2, -0.15) is 0 Å². The van der Waals surface area contributed by atoms with Crippen LogP contribution in [-0.4, -0.2) is 39.6 Å². The van der Waals surface area contributed by atoms with E-state index in [-0.39, 0.29) is 29.7 Å². The van der Waals surface area contributed by atoms with Crippen LogP contribution in [0.2, 0.25) is 0 Å². The number of aromatic nitrogens is 1. The van der Waals surface area contributed by atoms with Crippen LogP contribution in [0.4, 0.5) is 10.1 Å². The third-order valence-electron chi connectivity index (χ3n) is 4.76. The van der Waals surface area contributed by atoms with E-state index in [1.807, 2.05) is 0 Å². The van der Waals surface area contributed by atoms with E-state index in [1.54, 1.807) is 24.5 Å². The minimum Gasteiger partial charge on any atom is -0.379 e. The van der Waals surface area contributed by atoms with Gasteiger partial charge in [0, 0.05) is 25.4 Å². The number of fused-ring (bicyclic) bond motifs is 1. The molecule has 28 heavy (non-hydrogen) atoms. The molecule has 2 N–H and O–H groups in total. The van der Waals surface area contributed by atoms with E-state index in [0.717, 1.165) is 16.5 Å². The molecule has 1 aromatic carbocycles. The van der Waals surface area contributed by atoms with Crippen LogP contribution in [0.1, 0.15) is 39.1 Å². The average molecular weight is 382 g/mol. The third-order valence-corrected chi connectivity index (χ3v) is 4.76. The van der Waals surface area contributed by atoms with Crippen molar-refractivity contribution in [3.63, 3.8) is 0 Å². The summed E-state index contributed by atoms with van der Waals surface area (Å²) in [6.45, 7) is 0.303. The highest BCUT2D eigenvalue weighted by atomic mass is 19.1. The number of amides is 4. The fraction of sp³-hybridized carbons (Fsp3) is 0.211. The molecule has 1 aromatic heterocycles. The molecule has 0 radical (unpaired) electrons. The van der Waals surface area contributed by atoms with Gasteiger partial charge in [-0.1, -0.05) is 0 Å². The lowest BCUT2D eigenvalue weighted by atomic mass is 10.0. The van der Waals surface area contributed by atoms with Crippen LogP contribution in [0.3, 0.4) is 0 Å². The fourth-order valence-electron chi connectivity index (χ4n) is 3.32. The Bertz CT molecular complexity index is 1010. The quantitative estimate of drug-likeness (QED) is 0.770. The van der Waals surface area contributed by atoms with Gasteiger partial charge < -0.3 is 5.32 Å². The summed E-state index contributed by atoms with van der Waals surface area (Å²) in [6, 6.07) is 4.71. The molecule has 0 spiro atoms. The molecule has 3 heterocycles. The van der Waals surface area contributed by atoms with Crippen molar-refractivity contribution in [2.75, 3.05) is 5.32 Å². The lowest BCUT2D eigenvalue weighted by Gasteiger charge is -2.27. The standard InChI is InChI=1S/C19H15FN4O4/c20-13-7-11-12(8-14(13)22-9-10-3-5-21-6-4-10)19(28)24(18(11)27)15-1-2-16(25)23-17(15)26/h3-8,15,22H,1-2,9H2,(H,23,25,26). The molecular weight excluding hydrogens is 367 g/mol. The number of benzene rings is 1. The average Bonchev–Trinajstić information content (AvgIpc) is 2.91. The molecule has 8 nitrogen and oxygen atoms in total. The lowest BCUT2D eigenvalue weighted by Crippen LogP contribution is -2.54. The highest BCUT2D eigenvalue weighted by molar-refractivity contribution is 6.23. The minimum atomic E-state index is -1.08. The second-order valence-electron chi connectivity index (χ2n) is 6.53. The maximum atomic E-state index is 14.5. The molecule has 2 aliphatic heterocycles. The van der Waals surface area contributed by atoms with E-state index < -0.39 is 35.5 Å². The zero-order valence-corrected chi connectivity index (χ0v) is 14.6. The highest BCUT2D eigenvalue weighted by Gasteiger charge is 2.45. The van der Waals surface area contributed by atoms with Gasteiger partial charge in [-0.3, -0.25) is 34.4 Å². The van der Waals surface area contributed by atoms with E-state index in [0.29, 0.717) is 6.54 Å². The first-order valence-corrected chi connectivity index (χ1v) is 8.63. The number of piperidine rings is 1. The number of imide groups is 2. The largest absolute Gasteiger partial charge is 0.379 e. The Morgan fingerprint density at radius 3 is 2.46 bits per heavy atom. The molecule has 142 valence electrons. The topological polar surface area (TPSA) is 108 Å². The number of anilines is 1. The molecule has 0 saturated carbocycles.